The van der Waals surface area contributed by atoms with Crippen LogP contribution in [0, 0.1) is 5.82 Å². The van der Waals surface area contributed by atoms with Crippen LogP contribution in [0.5, 0.6) is 5.75 Å². The fourth-order valence-electron chi connectivity index (χ4n) is 1.90. The second-order valence-electron chi connectivity index (χ2n) is 4.28. The van der Waals surface area contributed by atoms with Crippen molar-refractivity contribution in [2.75, 3.05) is 7.11 Å². The smallest absolute Gasteiger partial charge is 0.141 e. The first kappa shape index (κ1) is 14.9. The lowest BCUT2D eigenvalue weighted by Crippen LogP contribution is -2.30. The number of hydrazine groups is 1. The number of nitrogens with two attached hydrogens (primary N) is 1. The predicted octanol–water partition coefficient (Wildman–Crippen LogP) is 2.74. The molecule has 0 spiro atoms. The average molecular weight is 340 g/mol. The van der Waals surface area contributed by atoms with Gasteiger partial charge < -0.3 is 4.74 Å². The molecule has 106 valence electrons. The number of ether oxygens (including phenoxy) is 1. The molecule has 0 saturated carbocycles. The molecular formula is C14H15BrFN3O. The molecule has 0 aliphatic heterocycles. The van der Waals surface area contributed by atoms with E-state index in [2.05, 4.69) is 26.3 Å². The summed E-state index contributed by atoms with van der Waals surface area (Å²) in [6.45, 7) is 0. The second-order valence-corrected chi connectivity index (χ2v) is 5.14. The predicted molar refractivity (Wildman–Crippen MR) is 78.7 cm³/mol. The highest BCUT2D eigenvalue weighted by atomic mass is 79.9. The SMILES string of the molecule is COc1ccc(Br)c(CC(NN)c2ccc(F)cn2)c1. The summed E-state index contributed by atoms with van der Waals surface area (Å²) in [4.78, 5) is 4.05. The first-order valence-electron chi connectivity index (χ1n) is 6.04. The van der Waals surface area contributed by atoms with E-state index in [0.717, 1.165) is 15.8 Å². The Hall–Kier alpha value is -1.50. The molecule has 3 N–H and O–H groups in total. The monoisotopic (exact) mass is 339 g/mol. The summed E-state index contributed by atoms with van der Waals surface area (Å²) in [6, 6.07) is 8.49. The third-order valence-electron chi connectivity index (χ3n) is 2.99. The Bertz CT molecular complexity index is 577. The number of nitrogens with one attached hydrogen (secondary N) is 1. The summed E-state index contributed by atoms with van der Waals surface area (Å²) in [5, 5.41) is 0. The largest absolute Gasteiger partial charge is 0.497 e. The van der Waals surface area contributed by atoms with E-state index in [1.807, 2.05) is 18.2 Å². The summed E-state index contributed by atoms with van der Waals surface area (Å²) in [5.74, 6) is 5.98. The van der Waals surface area contributed by atoms with E-state index in [4.69, 9.17) is 10.6 Å². The Labute approximate surface area is 125 Å². The molecule has 0 saturated heterocycles. The Balaban J connectivity index is 2.23. The summed E-state index contributed by atoms with van der Waals surface area (Å²) in [6.07, 6.45) is 1.78. The molecule has 0 radical (unpaired) electrons. The van der Waals surface area contributed by atoms with Gasteiger partial charge in [-0.1, -0.05) is 15.9 Å². The quantitative estimate of drug-likeness (QED) is 0.649. The van der Waals surface area contributed by atoms with Crippen LogP contribution in [-0.4, -0.2) is 12.1 Å². The van der Waals surface area contributed by atoms with Crippen molar-refractivity contribution < 1.29 is 9.13 Å². The van der Waals surface area contributed by atoms with Gasteiger partial charge in [0.2, 0.25) is 0 Å². The van der Waals surface area contributed by atoms with Gasteiger partial charge in [-0.05, 0) is 42.3 Å². The number of nitrogens with zero attached hydrogens (tertiary/aromatic N) is 1. The van der Waals surface area contributed by atoms with E-state index < -0.39 is 0 Å². The van der Waals surface area contributed by atoms with Crippen LogP contribution in [0.4, 0.5) is 4.39 Å². The van der Waals surface area contributed by atoms with Crippen LogP contribution in [0.15, 0.2) is 41.0 Å². The minimum atomic E-state index is -0.368. The maximum Gasteiger partial charge on any atom is 0.141 e. The molecular weight excluding hydrogens is 325 g/mol. The number of aromatic nitrogens is 1. The minimum Gasteiger partial charge on any atom is -0.497 e. The van der Waals surface area contributed by atoms with Gasteiger partial charge in [0, 0.05) is 4.47 Å². The number of benzene rings is 1. The van der Waals surface area contributed by atoms with Gasteiger partial charge in [-0.2, -0.15) is 0 Å². The Morgan fingerprint density at radius 3 is 2.80 bits per heavy atom. The molecule has 4 nitrogen and oxygen atoms in total. The van der Waals surface area contributed by atoms with Gasteiger partial charge in [-0.15, -0.1) is 0 Å². The number of methoxy groups -OCH3 is 1. The first-order chi connectivity index (χ1) is 9.63. The van der Waals surface area contributed by atoms with Gasteiger partial charge in [-0.3, -0.25) is 16.3 Å². The lowest BCUT2D eigenvalue weighted by atomic mass is 10.0. The lowest BCUT2D eigenvalue weighted by Gasteiger charge is -2.17. The molecule has 1 atom stereocenters. The van der Waals surface area contributed by atoms with Gasteiger partial charge >= 0.3 is 0 Å². The molecule has 1 unspecified atom stereocenters. The number of rotatable bonds is 5. The Morgan fingerprint density at radius 1 is 1.40 bits per heavy atom. The molecule has 1 aromatic carbocycles. The molecule has 2 rings (SSSR count). The zero-order valence-corrected chi connectivity index (χ0v) is 12.5. The highest BCUT2D eigenvalue weighted by molar-refractivity contribution is 9.10. The first-order valence-corrected chi connectivity index (χ1v) is 6.83. The molecule has 0 bridgehead atoms. The summed E-state index contributed by atoms with van der Waals surface area (Å²) < 4.78 is 19.1. The molecule has 0 aliphatic carbocycles. The van der Waals surface area contributed by atoms with Crippen LogP contribution in [0.1, 0.15) is 17.3 Å². The van der Waals surface area contributed by atoms with Crippen molar-refractivity contribution in [2.24, 2.45) is 5.84 Å². The van der Waals surface area contributed by atoms with Crippen LogP contribution in [0.3, 0.4) is 0 Å². The average Bonchev–Trinajstić information content (AvgIpc) is 2.47. The molecule has 0 fully saturated rings. The molecule has 0 amide bonds. The molecule has 2 aromatic rings. The maximum atomic E-state index is 12.9. The highest BCUT2D eigenvalue weighted by Crippen LogP contribution is 2.26. The van der Waals surface area contributed by atoms with Crippen LogP contribution >= 0.6 is 15.9 Å². The van der Waals surface area contributed by atoms with Gasteiger partial charge in [0.25, 0.3) is 0 Å². The fourth-order valence-corrected chi connectivity index (χ4v) is 2.31. The summed E-state index contributed by atoms with van der Waals surface area (Å²) in [5.41, 5.74) is 4.41. The van der Waals surface area contributed by atoms with E-state index in [1.165, 1.54) is 12.3 Å². The van der Waals surface area contributed by atoms with Crippen LogP contribution in [0.2, 0.25) is 0 Å². The third kappa shape index (κ3) is 3.53. The maximum absolute atomic E-state index is 12.9. The second kappa shape index (κ2) is 6.78. The molecule has 1 heterocycles. The molecule has 0 aliphatic rings. The van der Waals surface area contributed by atoms with E-state index in [0.29, 0.717) is 12.1 Å². The Kier molecular flexibility index (Phi) is 5.05. The normalized spacial score (nSPS) is 12.2. The summed E-state index contributed by atoms with van der Waals surface area (Å²) >= 11 is 3.50. The minimum absolute atomic E-state index is 0.209. The van der Waals surface area contributed by atoms with Gasteiger partial charge in [0.05, 0.1) is 25.0 Å². The van der Waals surface area contributed by atoms with Crippen LogP contribution < -0.4 is 16.0 Å². The zero-order chi connectivity index (χ0) is 14.5. The molecule has 20 heavy (non-hydrogen) atoms. The van der Waals surface area contributed by atoms with Crippen molar-refractivity contribution >= 4 is 15.9 Å². The van der Waals surface area contributed by atoms with E-state index in [9.17, 15) is 4.39 Å². The van der Waals surface area contributed by atoms with Crippen molar-refractivity contribution in [3.63, 3.8) is 0 Å². The summed E-state index contributed by atoms with van der Waals surface area (Å²) in [7, 11) is 1.62. The number of hydrogen-bond acceptors (Lipinski definition) is 4. The van der Waals surface area contributed by atoms with E-state index in [-0.39, 0.29) is 11.9 Å². The van der Waals surface area contributed by atoms with Crippen molar-refractivity contribution in [3.8, 4) is 5.75 Å². The van der Waals surface area contributed by atoms with Gasteiger partial charge in [-0.25, -0.2) is 4.39 Å². The standard InChI is InChI=1S/C14H15BrFN3O/c1-20-11-3-4-12(15)9(6-11)7-14(19-17)13-5-2-10(16)8-18-13/h2-6,8,14,19H,7,17H2,1H3. The zero-order valence-electron chi connectivity index (χ0n) is 10.9. The third-order valence-corrected chi connectivity index (χ3v) is 3.76. The van der Waals surface area contributed by atoms with Crippen molar-refractivity contribution in [3.05, 3.63) is 58.1 Å². The van der Waals surface area contributed by atoms with Crippen LogP contribution in [0.25, 0.3) is 0 Å². The van der Waals surface area contributed by atoms with E-state index in [1.54, 1.807) is 13.2 Å². The Morgan fingerprint density at radius 2 is 2.20 bits per heavy atom. The van der Waals surface area contributed by atoms with Gasteiger partial charge in [0.1, 0.15) is 11.6 Å². The van der Waals surface area contributed by atoms with Crippen molar-refractivity contribution in [1.82, 2.24) is 10.4 Å². The molecule has 1 aromatic heterocycles. The number of hydrogen-bond donors (Lipinski definition) is 2. The lowest BCUT2D eigenvalue weighted by molar-refractivity contribution is 0.413. The van der Waals surface area contributed by atoms with Gasteiger partial charge in [0.15, 0.2) is 0 Å². The number of pyridine rings is 1. The molecule has 6 heteroatoms. The highest BCUT2D eigenvalue weighted by Gasteiger charge is 2.14. The topological polar surface area (TPSA) is 60.2 Å². The van der Waals surface area contributed by atoms with Crippen molar-refractivity contribution in [2.45, 2.75) is 12.5 Å². The van der Waals surface area contributed by atoms with E-state index >= 15 is 0 Å². The van der Waals surface area contributed by atoms with Crippen LogP contribution in [-0.2, 0) is 6.42 Å². The van der Waals surface area contributed by atoms with Crippen molar-refractivity contribution in [1.29, 1.82) is 0 Å². The fraction of sp³-hybridized carbons (Fsp3) is 0.214. The number of halogens is 2.